The molecule has 0 radical (unpaired) electrons. The average molecular weight is 397 g/mol. The quantitative estimate of drug-likeness (QED) is 0.627. The van der Waals surface area contributed by atoms with Gasteiger partial charge in [0.05, 0.1) is 18.4 Å². The minimum absolute atomic E-state index is 0.136. The Labute approximate surface area is 166 Å². The van der Waals surface area contributed by atoms with Crippen molar-refractivity contribution >= 4 is 40.8 Å². The van der Waals surface area contributed by atoms with Crippen LogP contribution >= 0.6 is 11.6 Å². The molecule has 0 aliphatic heterocycles. The van der Waals surface area contributed by atoms with Crippen molar-refractivity contribution in [1.29, 1.82) is 0 Å². The lowest BCUT2D eigenvalue weighted by Gasteiger charge is -2.11. The number of carbonyl (C=O) groups excluding carboxylic acids is 2. The van der Waals surface area contributed by atoms with Gasteiger partial charge in [-0.05, 0) is 42.8 Å². The van der Waals surface area contributed by atoms with Crippen LogP contribution in [0.3, 0.4) is 0 Å². The minimum atomic E-state index is -0.544. The Morgan fingerprint density at radius 2 is 1.86 bits per heavy atom. The number of para-hydroxylation sites is 1. The third kappa shape index (κ3) is 4.44. The number of amides is 1. The summed E-state index contributed by atoms with van der Waals surface area (Å²) in [6, 6.07) is 13.4. The van der Waals surface area contributed by atoms with Crippen molar-refractivity contribution in [3.63, 3.8) is 0 Å². The van der Waals surface area contributed by atoms with Crippen LogP contribution in [0, 0.1) is 6.92 Å². The molecule has 0 aliphatic rings. The van der Waals surface area contributed by atoms with Gasteiger partial charge in [0, 0.05) is 16.9 Å². The maximum Gasteiger partial charge on any atom is 0.339 e. The second-order valence-corrected chi connectivity index (χ2v) is 6.28. The summed E-state index contributed by atoms with van der Waals surface area (Å²) in [6.45, 7) is 1.92. The standard InChI is InChI=1S/C20H17ClN4O3/c1-12-7-8-13(21)11-17(12)25-20-22-10-9-16(24-20)18(26)23-15-6-4-3-5-14(15)19(27)28-2/h3-11H,1-2H3,(H,23,26)(H,22,24,25). The third-order valence-corrected chi connectivity index (χ3v) is 4.15. The Morgan fingerprint density at radius 3 is 2.64 bits per heavy atom. The van der Waals surface area contributed by atoms with E-state index >= 15 is 0 Å². The molecule has 0 spiro atoms. The molecule has 0 aliphatic carbocycles. The number of carbonyl (C=O) groups is 2. The maximum atomic E-state index is 12.6. The number of methoxy groups -OCH3 is 1. The highest BCUT2D eigenvalue weighted by molar-refractivity contribution is 6.30. The van der Waals surface area contributed by atoms with Crippen LogP contribution in [0.5, 0.6) is 0 Å². The Balaban J connectivity index is 1.82. The number of hydrogen-bond donors (Lipinski definition) is 2. The Morgan fingerprint density at radius 1 is 1.07 bits per heavy atom. The molecule has 3 rings (SSSR count). The van der Waals surface area contributed by atoms with E-state index in [0.29, 0.717) is 10.7 Å². The molecule has 1 aromatic heterocycles. The first-order valence-corrected chi connectivity index (χ1v) is 8.70. The molecule has 1 heterocycles. The monoisotopic (exact) mass is 396 g/mol. The number of nitrogens with one attached hydrogen (secondary N) is 2. The number of anilines is 3. The number of hydrogen-bond acceptors (Lipinski definition) is 6. The molecule has 3 aromatic rings. The number of rotatable bonds is 5. The van der Waals surface area contributed by atoms with Gasteiger partial charge < -0.3 is 15.4 Å². The molecular formula is C20H17ClN4O3. The van der Waals surface area contributed by atoms with Crippen molar-refractivity contribution in [3.05, 3.63) is 76.6 Å². The van der Waals surface area contributed by atoms with Gasteiger partial charge in [-0.15, -0.1) is 0 Å². The highest BCUT2D eigenvalue weighted by Gasteiger charge is 2.15. The second kappa shape index (κ2) is 8.49. The fourth-order valence-electron chi connectivity index (χ4n) is 2.46. The van der Waals surface area contributed by atoms with Crippen LogP contribution in [0.25, 0.3) is 0 Å². The van der Waals surface area contributed by atoms with Crippen molar-refractivity contribution in [1.82, 2.24) is 9.97 Å². The number of benzene rings is 2. The number of aryl methyl sites for hydroxylation is 1. The lowest BCUT2D eigenvalue weighted by Crippen LogP contribution is -2.17. The zero-order chi connectivity index (χ0) is 20.1. The van der Waals surface area contributed by atoms with Gasteiger partial charge in [0.2, 0.25) is 5.95 Å². The van der Waals surface area contributed by atoms with Crippen LogP contribution < -0.4 is 10.6 Å². The average Bonchev–Trinajstić information content (AvgIpc) is 2.71. The van der Waals surface area contributed by atoms with Gasteiger partial charge in [0.15, 0.2) is 0 Å². The van der Waals surface area contributed by atoms with Gasteiger partial charge in [-0.1, -0.05) is 29.8 Å². The summed E-state index contributed by atoms with van der Waals surface area (Å²) >= 11 is 6.02. The van der Waals surface area contributed by atoms with Crippen LogP contribution in [-0.2, 0) is 4.74 Å². The summed E-state index contributed by atoms with van der Waals surface area (Å²) in [4.78, 5) is 32.8. The summed E-state index contributed by atoms with van der Waals surface area (Å²) in [6.07, 6.45) is 1.47. The molecule has 0 unspecified atom stereocenters. The van der Waals surface area contributed by atoms with E-state index in [2.05, 4.69) is 20.6 Å². The lowest BCUT2D eigenvalue weighted by atomic mass is 10.1. The summed E-state index contributed by atoms with van der Waals surface area (Å²) < 4.78 is 4.73. The number of nitrogens with zero attached hydrogens (tertiary/aromatic N) is 2. The molecule has 0 saturated heterocycles. The normalized spacial score (nSPS) is 10.2. The van der Waals surface area contributed by atoms with E-state index < -0.39 is 11.9 Å². The van der Waals surface area contributed by atoms with Gasteiger partial charge in [-0.2, -0.15) is 0 Å². The van der Waals surface area contributed by atoms with Crippen molar-refractivity contribution in [2.24, 2.45) is 0 Å². The molecule has 7 nitrogen and oxygen atoms in total. The largest absolute Gasteiger partial charge is 0.465 e. The van der Waals surface area contributed by atoms with E-state index in [4.69, 9.17) is 16.3 Å². The van der Waals surface area contributed by atoms with E-state index in [9.17, 15) is 9.59 Å². The predicted molar refractivity (Wildman–Crippen MR) is 107 cm³/mol. The van der Waals surface area contributed by atoms with Crippen LogP contribution in [0.1, 0.15) is 26.4 Å². The van der Waals surface area contributed by atoms with E-state index in [1.165, 1.54) is 19.4 Å². The summed E-state index contributed by atoms with van der Waals surface area (Å²) in [5.74, 6) is -0.777. The zero-order valence-electron chi connectivity index (χ0n) is 15.2. The lowest BCUT2D eigenvalue weighted by molar-refractivity contribution is 0.0602. The molecule has 2 aromatic carbocycles. The Bertz CT molecular complexity index is 1040. The highest BCUT2D eigenvalue weighted by atomic mass is 35.5. The molecule has 1 amide bonds. The molecule has 0 fully saturated rings. The van der Waals surface area contributed by atoms with Crippen molar-refractivity contribution in [3.8, 4) is 0 Å². The second-order valence-electron chi connectivity index (χ2n) is 5.84. The number of aromatic nitrogens is 2. The first-order chi connectivity index (χ1) is 13.5. The molecule has 0 bridgehead atoms. The van der Waals surface area contributed by atoms with Gasteiger partial charge in [0.25, 0.3) is 5.91 Å². The van der Waals surface area contributed by atoms with Crippen molar-refractivity contribution < 1.29 is 14.3 Å². The molecule has 0 saturated carbocycles. The molecule has 8 heteroatoms. The first-order valence-electron chi connectivity index (χ1n) is 8.33. The fraction of sp³-hybridized carbons (Fsp3) is 0.100. The van der Waals surface area contributed by atoms with Crippen LogP contribution in [0.15, 0.2) is 54.7 Å². The van der Waals surface area contributed by atoms with Gasteiger partial charge in [-0.25, -0.2) is 14.8 Å². The van der Waals surface area contributed by atoms with E-state index in [-0.39, 0.29) is 17.2 Å². The van der Waals surface area contributed by atoms with E-state index in [1.807, 2.05) is 13.0 Å². The van der Waals surface area contributed by atoms with Gasteiger partial charge >= 0.3 is 5.97 Å². The minimum Gasteiger partial charge on any atom is -0.465 e. The summed E-state index contributed by atoms with van der Waals surface area (Å²) in [5.41, 5.74) is 2.41. The van der Waals surface area contributed by atoms with Gasteiger partial charge in [-0.3, -0.25) is 4.79 Å². The number of halogens is 1. The topological polar surface area (TPSA) is 93.2 Å². The fourth-order valence-corrected chi connectivity index (χ4v) is 2.63. The third-order valence-electron chi connectivity index (χ3n) is 3.91. The number of esters is 1. The van der Waals surface area contributed by atoms with E-state index in [0.717, 1.165) is 11.3 Å². The smallest absolute Gasteiger partial charge is 0.339 e. The Kier molecular flexibility index (Phi) is 5.86. The SMILES string of the molecule is COC(=O)c1ccccc1NC(=O)c1ccnc(Nc2cc(Cl)ccc2C)n1. The molecule has 0 atom stereocenters. The molecule has 2 N–H and O–H groups in total. The molecular weight excluding hydrogens is 380 g/mol. The van der Waals surface area contributed by atoms with Crippen molar-refractivity contribution in [2.45, 2.75) is 6.92 Å². The van der Waals surface area contributed by atoms with E-state index in [1.54, 1.807) is 36.4 Å². The van der Waals surface area contributed by atoms with Crippen molar-refractivity contribution in [2.75, 3.05) is 17.7 Å². The maximum absolute atomic E-state index is 12.6. The Hall–Kier alpha value is -3.45. The highest BCUT2D eigenvalue weighted by Crippen LogP contribution is 2.23. The number of ether oxygens (including phenoxy) is 1. The van der Waals surface area contributed by atoms with Crippen LogP contribution in [0.4, 0.5) is 17.3 Å². The molecule has 28 heavy (non-hydrogen) atoms. The summed E-state index contributed by atoms with van der Waals surface area (Å²) in [5, 5.41) is 6.30. The van der Waals surface area contributed by atoms with Crippen LogP contribution in [-0.4, -0.2) is 29.0 Å². The predicted octanol–water partition coefficient (Wildman–Crippen LogP) is 4.22. The molecule has 142 valence electrons. The van der Waals surface area contributed by atoms with Crippen LogP contribution in [0.2, 0.25) is 5.02 Å². The first kappa shape index (κ1) is 19.3. The zero-order valence-corrected chi connectivity index (χ0v) is 15.9. The summed E-state index contributed by atoms with van der Waals surface area (Å²) in [7, 11) is 1.28. The van der Waals surface area contributed by atoms with Gasteiger partial charge in [0.1, 0.15) is 5.69 Å².